The zero-order chi connectivity index (χ0) is 28.2. The molecule has 0 bridgehead atoms. The Bertz CT molecular complexity index is 2430. The van der Waals surface area contributed by atoms with Crippen LogP contribution in [0.15, 0.2) is 133 Å². The van der Waals surface area contributed by atoms with Gasteiger partial charge in [-0.05, 0) is 65.7 Å². The lowest BCUT2D eigenvalue weighted by molar-refractivity contribution is 1.16. The molecule has 4 nitrogen and oxygen atoms in total. The minimum absolute atomic E-state index is 0.469. The van der Waals surface area contributed by atoms with Crippen molar-refractivity contribution in [1.82, 2.24) is 9.13 Å². The molecule has 0 amide bonds. The molecule has 0 spiro atoms. The van der Waals surface area contributed by atoms with Crippen molar-refractivity contribution in [2.24, 2.45) is 0 Å². The number of rotatable bonds is 3. The summed E-state index contributed by atoms with van der Waals surface area (Å²) in [6.07, 6.45) is 0. The second kappa shape index (κ2) is 9.24. The van der Waals surface area contributed by atoms with Crippen LogP contribution in [0.1, 0.15) is 11.1 Å². The quantitative estimate of drug-likeness (QED) is 0.227. The molecule has 42 heavy (non-hydrogen) atoms. The SMILES string of the molecule is N#Cc1ccc(-n2c3ccccc3c3c4c5ccccc5n(-c5cccc(-c6ccccc6)c5)c4ccc32)c(C#N)c1. The number of hydrogen-bond donors (Lipinski definition) is 0. The highest BCUT2D eigenvalue weighted by atomic mass is 15.0. The monoisotopic (exact) mass is 534 g/mol. The summed E-state index contributed by atoms with van der Waals surface area (Å²) in [5.74, 6) is 0. The number of para-hydroxylation sites is 2. The predicted octanol–water partition coefficient (Wildman–Crippen LogP) is 9.29. The third-order valence-corrected chi connectivity index (χ3v) is 8.17. The Morgan fingerprint density at radius 3 is 1.76 bits per heavy atom. The van der Waals surface area contributed by atoms with Crippen LogP contribution in [0.5, 0.6) is 0 Å². The van der Waals surface area contributed by atoms with Crippen LogP contribution >= 0.6 is 0 Å². The highest BCUT2D eigenvalue weighted by Crippen LogP contribution is 2.42. The van der Waals surface area contributed by atoms with Gasteiger partial charge < -0.3 is 9.13 Å². The van der Waals surface area contributed by atoms with Gasteiger partial charge >= 0.3 is 0 Å². The molecule has 4 heteroatoms. The first-order chi connectivity index (χ1) is 20.8. The van der Waals surface area contributed by atoms with Crippen molar-refractivity contribution in [3.05, 3.63) is 145 Å². The molecule has 8 aromatic rings. The molecule has 0 atom stereocenters. The van der Waals surface area contributed by atoms with Gasteiger partial charge in [-0.15, -0.1) is 0 Å². The molecule has 2 aromatic heterocycles. The van der Waals surface area contributed by atoms with Gasteiger partial charge in [0.2, 0.25) is 0 Å². The van der Waals surface area contributed by atoms with E-state index in [1.165, 1.54) is 21.9 Å². The summed E-state index contributed by atoms with van der Waals surface area (Å²) >= 11 is 0. The molecule has 0 aliphatic carbocycles. The van der Waals surface area contributed by atoms with Crippen LogP contribution in [0.25, 0.3) is 66.1 Å². The topological polar surface area (TPSA) is 57.4 Å². The molecule has 0 radical (unpaired) electrons. The molecule has 2 heterocycles. The smallest absolute Gasteiger partial charge is 0.101 e. The normalized spacial score (nSPS) is 11.3. The molecule has 0 aliphatic heterocycles. The fourth-order valence-corrected chi connectivity index (χ4v) is 6.40. The van der Waals surface area contributed by atoms with Gasteiger partial charge in [0.15, 0.2) is 0 Å². The Labute approximate surface area is 242 Å². The van der Waals surface area contributed by atoms with Crippen LogP contribution in [-0.2, 0) is 0 Å². The molecule has 0 aliphatic rings. The number of fused-ring (bicyclic) bond motifs is 7. The lowest BCUT2D eigenvalue weighted by Crippen LogP contribution is -1.98. The van der Waals surface area contributed by atoms with Crippen molar-refractivity contribution in [2.75, 3.05) is 0 Å². The van der Waals surface area contributed by atoms with E-state index in [9.17, 15) is 10.5 Å². The fourth-order valence-electron chi connectivity index (χ4n) is 6.40. The molecule has 0 unspecified atom stereocenters. The lowest BCUT2D eigenvalue weighted by atomic mass is 10.0. The molecular weight excluding hydrogens is 512 g/mol. The van der Waals surface area contributed by atoms with Gasteiger partial charge in [-0.3, -0.25) is 0 Å². The molecule has 0 saturated heterocycles. The molecule has 6 aromatic carbocycles. The van der Waals surface area contributed by atoms with Crippen molar-refractivity contribution in [3.8, 4) is 34.6 Å². The molecule has 0 N–H and O–H groups in total. The van der Waals surface area contributed by atoms with Crippen LogP contribution in [0.3, 0.4) is 0 Å². The summed E-state index contributed by atoms with van der Waals surface area (Å²) in [5.41, 5.74) is 9.45. The van der Waals surface area contributed by atoms with E-state index < -0.39 is 0 Å². The van der Waals surface area contributed by atoms with E-state index >= 15 is 0 Å². The number of nitriles is 2. The minimum Gasteiger partial charge on any atom is -0.309 e. The highest BCUT2D eigenvalue weighted by molar-refractivity contribution is 6.28. The second-order valence-electron chi connectivity index (χ2n) is 10.4. The highest BCUT2D eigenvalue weighted by Gasteiger charge is 2.21. The van der Waals surface area contributed by atoms with Crippen molar-refractivity contribution < 1.29 is 0 Å². The van der Waals surface area contributed by atoms with Crippen molar-refractivity contribution >= 4 is 43.6 Å². The van der Waals surface area contributed by atoms with Crippen molar-refractivity contribution in [1.29, 1.82) is 10.5 Å². The molecule has 8 rings (SSSR count). The van der Waals surface area contributed by atoms with Crippen molar-refractivity contribution in [3.63, 3.8) is 0 Å². The first-order valence-electron chi connectivity index (χ1n) is 13.8. The fraction of sp³-hybridized carbons (Fsp3) is 0. The van der Waals surface area contributed by atoms with Crippen LogP contribution in [0, 0.1) is 22.7 Å². The number of nitrogens with zero attached hydrogens (tertiary/aromatic N) is 4. The van der Waals surface area contributed by atoms with Gasteiger partial charge in [-0.1, -0.05) is 78.9 Å². The van der Waals surface area contributed by atoms with E-state index in [0.29, 0.717) is 11.1 Å². The summed E-state index contributed by atoms with van der Waals surface area (Å²) in [4.78, 5) is 0. The number of aromatic nitrogens is 2. The lowest BCUT2D eigenvalue weighted by Gasteiger charge is -2.11. The number of hydrogen-bond acceptors (Lipinski definition) is 2. The van der Waals surface area contributed by atoms with Crippen LogP contribution < -0.4 is 0 Å². The van der Waals surface area contributed by atoms with Gasteiger partial charge in [-0.2, -0.15) is 10.5 Å². The maximum Gasteiger partial charge on any atom is 0.101 e. The molecule has 194 valence electrons. The van der Waals surface area contributed by atoms with E-state index in [0.717, 1.165) is 44.2 Å². The summed E-state index contributed by atoms with van der Waals surface area (Å²) in [5, 5.41) is 24.1. The third kappa shape index (κ3) is 3.40. The Kier molecular flexibility index (Phi) is 5.22. The maximum absolute atomic E-state index is 10.1. The standard InChI is InChI=1S/C38H22N4/c39-23-25-17-18-32(28(21-25)24-40)42-34-16-7-5-14-31(34)38-36(42)20-19-35-37(38)30-13-4-6-15-33(30)41(35)29-12-8-11-27(22-29)26-9-2-1-3-10-26/h1-22H. The van der Waals surface area contributed by atoms with Gasteiger partial charge in [0.25, 0.3) is 0 Å². The molecule has 0 saturated carbocycles. The Hall–Kier alpha value is -6.10. The second-order valence-corrected chi connectivity index (χ2v) is 10.4. The van der Waals surface area contributed by atoms with E-state index in [1.54, 1.807) is 12.1 Å². The Morgan fingerprint density at radius 2 is 1.07 bits per heavy atom. The molecule has 0 fully saturated rings. The Balaban J connectivity index is 1.49. The van der Waals surface area contributed by atoms with Crippen LogP contribution in [0.4, 0.5) is 0 Å². The average molecular weight is 535 g/mol. The van der Waals surface area contributed by atoms with Gasteiger partial charge in [0.1, 0.15) is 6.07 Å². The van der Waals surface area contributed by atoms with E-state index in [2.05, 4.69) is 124 Å². The maximum atomic E-state index is 10.1. The largest absolute Gasteiger partial charge is 0.309 e. The van der Waals surface area contributed by atoms with Gasteiger partial charge in [0, 0.05) is 27.2 Å². The first kappa shape index (κ1) is 23.8. The first-order valence-corrected chi connectivity index (χ1v) is 13.8. The minimum atomic E-state index is 0.469. The summed E-state index contributed by atoms with van der Waals surface area (Å²) in [7, 11) is 0. The summed E-state index contributed by atoms with van der Waals surface area (Å²) in [6, 6.07) is 50.3. The third-order valence-electron chi connectivity index (χ3n) is 8.17. The average Bonchev–Trinajstić information content (AvgIpc) is 3.57. The van der Waals surface area contributed by atoms with E-state index in [4.69, 9.17) is 0 Å². The van der Waals surface area contributed by atoms with E-state index in [-0.39, 0.29) is 0 Å². The summed E-state index contributed by atoms with van der Waals surface area (Å²) in [6.45, 7) is 0. The van der Waals surface area contributed by atoms with Gasteiger partial charge in [-0.25, -0.2) is 0 Å². The van der Waals surface area contributed by atoms with Gasteiger partial charge in [0.05, 0.1) is 45.0 Å². The Morgan fingerprint density at radius 1 is 0.452 bits per heavy atom. The van der Waals surface area contributed by atoms with E-state index in [1.807, 2.05) is 18.2 Å². The number of benzene rings is 6. The zero-order valence-corrected chi connectivity index (χ0v) is 22.5. The zero-order valence-electron chi connectivity index (χ0n) is 22.5. The predicted molar refractivity (Wildman–Crippen MR) is 170 cm³/mol. The summed E-state index contributed by atoms with van der Waals surface area (Å²) < 4.78 is 4.51. The van der Waals surface area contributed by atoms with Crippen molar-refractivity contribution in [2.45, 2.75) is 0 Å². The van der Waals surface area contributed by atoms with Crippen LogP contribution in [-0.4, -0.2) is 9.13 Å². The van der Waals surface area contributed by atoms with Crippen LogP contribution in [0.2, 0.25) is 0 Å². The molecular formula is C38H22N4.